The summed E-state index contributed by atoms with van der Waals surface area (Å²) in [7, 11) is 0. The van der Waals surface area contributed by atoms with Crippen LogP contribution >= 0.6 is 11.8 Å². The van der Waals surface area contributed by atoms with Crippen LogP contribution in [0.15, 0.2) is 5.16 Å². The molecule has 0 radical (unpaired) electrons. The standard InChI is InChI=1S/C13H21N5OS/c1-8(2)18-13(15-16-17-18)20-7-11(19)14-12(9-3-4-9)10-5-6-10/h8-10,12H,3-7H2,1-2H3,(H,14,19). The van der Waals surface area contributed by atoms with Crippen molar-refractivity contribution in [3.05, 3.63) is 0 Å². The third kappa shape index (κ3) is 3.31. The van der Waals surface area contributed by atoms with Crippen LogP contribution in [0.2, 0.25) is 0 Å². The van der Waals surface area contributed by atoms with Crippen molar-refractivity contribution in [2.75, 3.05) is 5.75 Å². The van der Waals surface area contributed by atoms with Crippen LogP contribution in [0.1, 0.15) is 45.6 Å². The van der Waals surface area contributed by atoms with Gasteiger partial charge < -0.3 is 5.32 Å². The second kappa shape index (κ2) is 5.71. The lowest BCUT2D eigenvalue weighted by molar-refractivity contribution is -0.119. The molecule has 20 heavy (non-hydrogen) atoms. The van der Waals surface area contributed by atoms with E-state index in [2.05, 4.69) is 20.8 Å². The van der Waals surface area contributed by atoms with E-state index in [1.54, 1.807) is 4.68 Å². The average molecular weight is 295 g/mol. The van der Waals surface area contributed by atoms with Gasteiger partial charge in [-0.2, -0.15) is 0 Å². The quantitative estimate of drug-likeness (QED) is 0.774. The van der Waals surface area contributed by atoms with Gasteiger partial charge in [-0.15, -0.1) is 5.10 Å². The summed E-state index contributed by atoms with van der Waals surface area (Å²) >= 11 is 1.41. The Morgan fingerprint density at radius 1 is 1.35 bits per heavy atom. The first kappa shape index (κ1) is 13.9. The lowest BCUT2D eigenvalue weighted by Crippen LogP contribution is -2.39. The topological polar surface area (TPSA) is 72.7 Å². The van der Waals surface area contributed by atoms with Crippen LogP contribution < -0.4 is 5.32 Å². The van der Waals surface area contributed by atoms with E-state index in [4.69, 9.17) is 0 Å². The number of hydrogen-bond donors (Lipinski definition) is 1. The van der Waals surface area contributed by atoms with E-state index >= 15 is 0 Å². The summed E-state index contributed by atoms with van der Waals surface area (Å²) in [6, 6.07) is 0.630. The molecular weight excluding hydrogens is 274 g/mol. The van der Waals surface area contributed by atoms with Crippen LogP contribution in [-0.2, 0) is 4.79 Å². The molecule has 0 aromatic carbocycles. The van der Waals surface area contributed by atoms with Crippen LogP contribution in [0.4, 0.5) is 0 Å². The van der Waals surface area contributed by atoms with E-state index in [-0.39, 0.29) is 11.9 Å². The van der Waals surface area contributed by atoms with Crippen molar-refractivity contribution in [2.45, 2.75) is 56.8 Å². The van der Waals surface area contributed by atoms with E-state index in [0.717, 1.165) is 11.8 Å². The number of thioether (sulfide) groups is 1. The normalized spacial score (nSPS) is 18.8. The minimum absolute atomic E-state index is 0.108. The van der Waals surface area contributed by atoms with E-state index < -0.39 is 0 Å². The van der Waals surface area contributed by atoms with E-state index in [1.807, 2.05) is 13.8 Å². The van der Waals surface area contributed by atoms with Crippen molar-refractivity contribution in [1.29, 1.82) is 0 Å². The number of nitrogens with one attached hydrogen (secondary N) is 1. The maximum absolute atomic E-state index is 12.1. The Kier molecular flexibility index (Phi) is 3.96. The number of nitrogens with zero attached hydrogens (tertiary/aromatic N) is 4. The summed E-state index contributed by atoms with van der Waals surface area (Å²) in [5.41, 5.74) is 0. The van der Waals surface area contributed by atoms with Gasteiger partial charge in [-0.25, -0.2) is 4.68 Å². The largest absolute Gasteiger partial charge is 0.352 e. The molecule has 2 aliphatic rings. The van der Waals surface area contributed by atoms with Gasteiger partial charge in [0.05, 0.1) is 11.8 Å². The molecule has 3 rings (SSSR count). The molecule has 6 nitrogen and oxygen atoms in total. The van der Waals surface area contributed by atoms with Crippen LogP contribution in [0.25, 0.3) is 0 Å². The molecule has 0 spiro atoms. The summed E-state index contributed by atoms with van der Waals surface area (Å²) in [4.78, 5) is 12.1. The molecular formula is C13H21N5OS. The number of amides is 1. The van der Waals surface area contributed by atoms with E-state index in [0.29, 0.717) is 17.0 Å². The van der Waals surface area contributed by atoms with Crippen molar-refractivity contribution < 1.29 is 4.79 Å². The van der Waals surface area contributed by atoms with E-state index in [9.17, 15) is 4.79 Å². The first-order valence-electron chi connectivity index (χ1n) is 7.35. The molecule has 2 fully saturated rings. The highest BCUT2D eigenvalue weighted by molar-refractivity contribution is 7.99. The van der Waals surface area contributed by atoms with Crippen molar-refractivity contribution in [1.82, 2.24) is 25.5 Å². The van der Waals surface area contributed by atoms with Crippen molar-refractivity contribution >= 4 is 17.7 Å². The van der Waals surface area contributed by atoms with Crippen LogP contribution in [0.3, 0.4) is 0 Å². The Balaban J connectivity index is 1.50. The summed E-state index contributed by atoms with van der Waals surface area (Å²) in [5, 5.41) is 15.5. The fraction of sp³-hybridized carbons (Fsp3) is 0.846. The zero-order valence-electron chi connectivity index (χ0n) is 12.0. The Hall–Kier alpha value is -1.11. The minimum atomic E-state index is 0.108. The number of rotatable bonds is 7. The summed E-state index contributed by atoms with van der Waals surface area (Å²) < 4.78 is 1.75. The second-order valence-electron chi connectivity index (χ2n) is 6.06. The molecule has 1 aromatic rings. The Morgan fingerprint density at radius 3 is 2.55 bits per heavy atom. The maximum atomic E-state index is 12.1. The molecule has 2 aliphatic carbocycles. The Morgan fingerprint density at radius 2 is 2.00 bits per heavy atom. The van der Waals surface area contributed by atoms with Gasteiger partial charge in [-0.3, -0.25) is 4.79 Å². The summed E-state index contributed by atoms with van der Waals surface area (Å²) in [6.07, 6.45) is 5.11. The lowest BCUT2D eigenvalue weighted by atomic mass is 10.1. The monoisotopic (exact) mass is 295 g/mol. The molecule has 0 saturated heterocycles. The van der Waals surface area contributed by atoms with Gasteiger partial charge >= 0.3 is 0 Å². The Bertz CT molecular complexity index is 469. The molecule has 1 amide bonds. The zero-order valence-corrected chi connectivity index (χ0v) is 12.8. The van der Waals surface area contributed by atoms with Crippen molar-refractivity contribution in [3.63, 3.8) is 0 Å². The molecule has 0 unspecified atom stereocenters. The van der Waals surface area contributed by atoms with Crippen LogP contribution in [0, 0.1) is 11.8 Å². The predicted molar refractivity (Wildman–Crippen MR) is 76.3 cm³/mol. The first-order chi connectivity index (χ1) is 9.65. The SMILES string of the molecule is CC(C)n1nnnc1SCC(=O)NC(C1CC1)C1CC1. The molecule has 0 aliphatic heterocycles. The molecule has 1 aromatic heterocycles. The summed E-state index contributed by atoms with van der Waals surface area (Å²) in [6.45, 7) is 4.05. The second-order valence-corrected chi connectivity index (χ2v) is 7.00. The van der Waals surface area contributed by atoms with Crippen LogP contribution in [0.5, 0.6) is 0 Å². The smallest absolute Gasteiger partial charge is 0.230 e. The fourth-order valence-corrected chi connectivity index (χ4v) is 3.31. The third-order valence-corrected chi connectivity index (χ3v) is 4.80. The van der Waals surface area contributed by atoms with Gasteiger partial charge in [-0.1, -0.05) is 11.8 Å². The lowest BCUT2D eigenvalue weighted by Gasteiger charge is -2.17. The molecule has 0 bridgehead atoms. The predicted octanol–water partition coefficient (Wildman–Crippen LogP) is 1.65. The van der Waals surface area contributed by atoms with Gasteiger partial charge in [0.2, 0.25) is 11.1 Å². The highest BCUT2D eigenvalue weighted by atomic mass is 32.2. The van der Waals surface area contributed by atoms with E-state index in [1.165, 1.54) is 37.4 Å². The molecule has 0 atom stereocenters. The number of aromatic nitrogens is 4. The molecule has 1 heterocycles. The zero-order chi connectivity index (χ0) is 14.1. The van der Waals surface area contributed by atoms with Gasteiger partial charge in [-0.05, 0) is 61.8 Å². The van der Waals surface area contributed by atoms with Gasteiger partial charge in [0, 0.05) is 6.04 Å². The highest BCUT2D eigenvalue weighted by Crippen LogP contribution is 2.44. The number of carbonyl (C=O) groups is 1. The van der Waals surface area contributed by atoms with Gasteiger partial charge in [0.15, 0.2) is 0 Å². The highest BCUT2D eigenvalue weighted by Gasteiger charge is 2.42. The molecule has 1 N–H and O–H groups in total. The summed E-state index contributed by atoms with van der Waals surface area (Å²) in [5.74, 6) is 1.97. The van der Waals surface area contributed by atoms with Gasteiger partial charge in [0.25, 0.3) is 0 Å². The maximum Gasteiger partial charge on any atom is 0.230 e. The number of hydrogen-bond acceptors (Lipinski definition) is 5. The fourth-order valence-electron chi connectivity index (χ4n) is 2.49. The van der Waals surface area contributed by atoms with Crippen molar-refractivity contribution in [3.8, 4) is 0 Å². The number of carbonyl (C=O) groups excluding carboxylic acids is 1. The minimum Gasteiger partial charge on any atom is -0.352 e. The van der Waals surface area contributed by atoms with Gasteiger partial charge in [0.1, 0.15) is 0 Å². The Labute approximate surface area is 123 Å². The number of tetrazole rings is 1. The average Bonchev–Trinajstić information content (AvgIpc) is 3.32. The third-order valence-electron chi connectivity index (χ3n) is 3.87. The molecule has 110 valence electrons. The van der Waals surface area contributed by atoms with Crippen LogP contribution in [-0.4, -0.2) is 37.9 Å². The van der Waals surface area contributed by atoms with Crippen molar-refractivity contribution in [2.24, 2.45) is 11.8 Å². The molecule has 7 heteroatoms. The first-order valence-corrected chi connectivity index (χ1v) is 8.33. The molecule has 2 saturated carbocycles.